The van der Waals surface area contributed by atoms with E-state index >= 15 is 0 Å². The van der Waals surface area contributed by atoms with Gasteiger partial charge in [-0.1, -0.05) is 6.07 Å². The number of nitrogens with two attached hydrogens (primary N) is 2. The van der Waals surface area contributed by atoms with Crippen LogP contribution < -0.4 is 33.0 Å². The minimum atomic E-state index is -0.652. The van der Waals surface area contributed by atoms with E-state index < -0.39 is 17.3 Å². The van der Waals surface area contributed by atoms with Gasteiger partial charge < -0.3 is 36.7 Å². The Bertz CT molecular complexity index is 1480. The number of nitrogen functional groups attached to an aromatic ring is 2. The number of carbonyl (C=O) groups excluding carboxylic acids is 2. The van der Waals surface area contributed by atoms with Crippen LogP contribution in [0.4, 0.5) is 22.0 Å². The first-order chi connectivity index (χ1) is 19.6. The van der Waals surface area contributed by atoms with Gasteiger partial charge in [-0.15, -0.1) is 0 Å². The van der Waals surface area contributed by atoms with E-state index in [2.05, 4.69) is 20.9 Å². The van der Waals surface area contributed by atoms with Crippen molar-refractivity contribution in [2.75, 3.05) is 23.4 Å². The Morgan fingerprint density at radius 3 is 2.45 bits per heavy atom. The number of phenols is 1. The summed E-state index contributed by atoms with van der Waals surface area (Å²) in [6, 6.07) is 9.91. The van der Waals surface area contributed by atoms with Crippen LogP contribution in [-0.4, -0.2) is 51.6 Å². The number of aromatic hydroxyl groups is 1. The number of hydrogen-bond donors (Lipinski definition) is 7. The summed E-state index contributed by atoms with van der Waals surface area (Å²) in [7, 11) is 1.83. The van der Waals surface area contributed by atoms with E-state index in [0.29, 0.717) is 41.0 Å². The van der Waals surface area contributed by atoms with Gasteiger partial charge in [0.2, 0.25) is 0 Å². The molecule has 0 saturated carbocycles. The molecule has 0 spiro atoms. The fourth-order valence-electron chi connectivity index (χ4n) is 3.76. The van der Waals surface area contributed by atoms with Crippen LogP contribution in [0.1, 0.15) is 45.7 Å². The summed E-state index contributed by atoms with van der Waals surface area (Å²) in [6.07, 6.45) is 1.49. The molecule has 0 radical (unpaired) electrons. The third-order valence-electron chi connectivity index (χ3n) is 5.37. The minimum absolute atomic E-state index is 0.00253. The number of anilines is 3. The molecule has 0 saturated heterocycles. The van der Waals surface area contributed by atoms with Crippen molar-refractivity contribution in [1.82, 2.24) is 14.9 Å². The van der Waals surface area contributed by atoms with Crippen LogP contribution >= 0.6 is 0 Å². The number of benzene rings is 2. The Balaban J connectivity index is 0.000000395. The summed E-state index contributed by atoms with van der Waals surface area (Å²) in [5.74, 6) is 0.0929. The average Bonchev–Trinajstić information content (AvgIpc) is 2.85. The van der Waals surface area contributed by atoms with Gasteiger partial charge >= 0.3 is 6.09 Å². The van der Waals surface area contributed by atoms with Gasteiger partial charge in [-0.2, -0.15) is 0 Å². The maximum Gasteiger partial charge on any atom is 0.412 e. The zero-order valence-electron chi connectivity index (χ0n) is 24.7. The monoisotopic (exact) mass is 580 g/mol. The van der Waals surface area contributed by atoms with E-state index in [1.54, 1.807) is 51.1 Å². The number of amides is 1. The molecule has 9 N–H and O–H groups in total. The van der Waals surface area contributed by atoms with E-state index in [1.165, 1.54) is 10.8 Å². The van der Waals surface area contributed by atoms with E-state index in [9.17, 15) is 19.5 Å². The number of aldehydes is 1. The molecule has 42 heavy (non-hydrogen) atoms. The molecular weight excluding hydrogens is 540 g/mol. The molecule has 226 valence electrons. The maximum atomic E-state index is 12.8. The van der Waals surface area contributed by atoms with Gasteiger partial charge in [-0.25, -0.2) is 9.78 Å². The highest BCUT2D eigenvalue weighted by atomic mass is 16.6. The first-order valence-corrected chi connectivity index (χ1v) is 13.2. The highest BCUT2D eigenvalue weighted by Gasteiger charge is 2.18. The zero-order chi connectivity index (χ0) is 31.6. The Labute approximate surface area is 244 Å². The van der Waals surface area contributed by atoms with Crippen molar-refractivity contribution in [1.29, 1.82) is 5.41 Å². The molecule has 1 amide bonds. The van der Waals surface area contributed by atoms with E-state index in [1.807, 2.05) is 27.0 Å². The van der Waals surface area contributed by atoms with Crippen molar-refractivity contribution in [2.45, 2.75) is 59.4 Å². The predicted octanol–water partition coefficient (Wildman–Crippen LogP) is 3.25. The van der Waals surface area contributed by atoms with Crippen molar-refractivity contribution in [3.05, 3.63) is 64.1 Å². The summed E-state index contributed by atoms with van der Waals surface area (Å²) in [6.45, 7) is 9.58. The third kappa shape index (κ3) is 9.93. The lowest BCUT2D eigenvalue weighted by Gasteiger charge is -2.20. The SMILES string of the molecule is CC(C)Nc1ncc(-c2cc(N)cc(NC(=O)OC(C)(C)C)c2)n(CC=O)c1=O.CNCc1ccc(C(=N)N)c(O)c1. The lowest BCUT2D eigenvalue weighted by molar-refractivity contribution is -0.108. The van der Waals surface area contributed by atoms with Gasteiger partial charge in [0.05, 0.1) is 24.0 Å². The second-order valence-electron chi connectivity index (χ2n) is 10.6. The van der Waals surface area contributed by atoms with Crippen molar-refractivity contribution in [2.24, 2.45) is 5.73 Å². The lowest BCUT2D eigenvalue weighted by Crippen LogP contribution is -2.29. The number of phenolic OH excluding ortho intramolecular Hbond substituents is 1. The summed E-state index contributed by atoms with van der Waals surface area (Å²) in [5.41, 5.74) is 13.2. The van der Waals surface area contributed by atoms with Crippen LogP contribution in [-0.2, 0) is 22.6 Å². The molecule has 0 aliphatic carbocycles. The largest absolute Gasteiger partial charge is 0.507 e. The Kier molecular flexibility index (Phi) is 11.6. The number of nitrogens with zero attached hydrogens (tertiary/aromatic N) is 2. The van der Waals surface area contributed by atoms with E-state index in [4.69, 9.17) is 21.6 Å². The molecule has 0 aliphatic heterocycles. The van der Waals surface area contributed by atoms with Gasteiger partial charge in [-0.05, 0) is 77.6 Å². The highest BCUT2D eigenvalue weighted by molar-refractivity contribution is 5.97. The quantitative estimate of drug-likeness (QED) is 0.0849. The number of nitrogens with one attached hydrogen (secondary N) is 4. The first-order valence-electron chi connectivity index (χ1n) is 13.2. The second-order valence-corrected chi connectivity index (χ2v) is 10.6. The topological polar surface area (TPSA) is 210 Å². The molecule has 0 atom stereocenters. The minimum Gasteiger partial charge on any atom is -0.507 e. The molecule has 13 heteroatoms. The first kappa shape index (κ1) is 33.3. The summed E-state index contributed by atoms with van der Waals surface area (Å²) in [5, 5.41) is 25.1. The van der Waals surface area contributed by atoms with Crippen LogP contribution in [0.3, 0.4) is 0 Å². The molecule has 0 fully saturated rings. The third-order valence-corrected chi connectivity index (χ3v) is 5.37. The van der Waals surface area contributed by atoms with Gasteiger partial charge in [0.1, 0.15) is 23.5 Å². The second kappa shape index (κ2) is 14.6. The molecule has 0 unspecified atom stereocenters. The average molecular weight is 581 g/mol. The molecular formula is C29H40N8O5. The van der Waals surface area contributed by atoms with Gasteiger partial charge in [0.15, 0.2) is 5.82 Å². The number of hydrogen-bond acceptors (Lipinski definition) is 10. The van der Waals surface area contributed by atoms with Crippen LogP contribution in [0, 0.1) is 5.41 Å². The maximum absolute atomic E-state index is 12.8. The van der Waals surface area contributed by atoms with Crippen molar-refractivity contribution in [3.8, 4) is 17.0 Å². The smallest absolute Gasteiger partial charge is 0.412 e. The molecule has 2 aromatic carbocycles. The number of rotatable bonds is 9. The van der Waals surface area contributed by atoms with Gasteiger partial charge in [0, 0.05) is 29.5 Å². The van der Waals surface area contributed by atoms with Crippen LogP contribution in [0.15, 0.2) is 47.4 Å². The Hall–Kier alpha value is -4.91. The normalized spacial score (nSPS) is 10.8. The molecule has 0 aliphatic rings. The van der Waals surface area contributed by atoms with Crippen LogP contribution in [0.5, 0.6) is 5.75 Å². The summed E-state index contributed by atoms with van der Waals surface area (Å²) in [4.78, 5) is 40.2. The molecule has 0 bridgehead atoms. The predicted molar refractivity (Wildman–Crippen MR) is 165 cm³/mol. The van der Waals surface area contributed by atoms with Crippen molar-refractivity contribution < 1.29 is 19.4 Å². The molecule has 3 aromatic rings. The van der Waals surface area contributed by atoms with Gasteiger partial charge in [0.25, 0.3) is 5.56 Å². The fraction of sp³-hybridized carbons (Fsp3) is 0.345. The standard InChI is InChI=1S/C20H27N5O4.C9H13N3O/c1-12(2)23-17-18(27)25(6-7-26)16(11-22-17)13-8-14(21)10-15(9-13)24-19(28)29-20(3,4)5;1-12-5-6-2-3-7(9(10)11)8(13)4-6/h7-12H,6,21H2,1-5H3,(H,22,23)(H,24,28);2-4,12-13H,5H2,1H3,(H3,10,11). The highest BCUT2D eigenvalue weighted by Crippen LogP contribution is 2.26. The summed E-state index contributed by atoms with van der Waals surface area (Å²) < 4.78 is 6.55. The van der Waals surface area contributed by atoms with E-state index in [0.717, 1.165) is 5.56 Å². The Morgan fingerprint density at radius 2 is 1.90 bits per heavy atom. The zero-order valence-corrected chi connectivity index (χ0v) is 24.7. The number of aromatic nitrogens is 2. The molecule has 13 nitrogen and oxygen atoms in total. The summed E-state index contributed by atoms with van der Waals surface area (Å²) >= 11 is 0. The van der Waals surface area contributed by atoms with Crippen LogP contribution in [0.2, 0.25) is 0 Å². The molecule has 1 heterocycles. The van der Waals surface area contributed by atoms with Crippen LogP contribution in [0.25, 0.3) is 11.3 Å². The Morgan fingerprint density at radius 1 is 1.21 bits per heavy atom. The number of carbonyl (C=O) groups is 2. The molecule has 1 aromatic heterocycles. The van der Waals surface area contributed by atoms with Crippen molar-refractivity contribution in [3.63, 3.8) is 0 Å². The molecule has 3 rings (SSSR count). The number of ether oxygens (including phenoxy) is 1. The fourth-order valence-corrected chi connectivity index (χ4v) is 3.76. The van der Waals surface area contributed by atoms with Crippen molar-refractivity contribution >= 4 is 35.4 Å². The lowest BCUT2D eigenvalue weighted by atomic mass is 10.1. The van der Waals surface area contributed by atoms with E-state index in [-0.39, 0.29) is 30.0 Å². The number of amidine groups is 1. The van der Waals surface area contributed by atoms with Gasteiger partial charge in [-0.3, -0.25) is 20.1 Å².